The Balaban J connectivity index is 0.000000597. The van der Waals surface area contributed by atoms with Crippen LogP contribution in [0.4, 0.5) is 4.39 Å². The van der Waals surface area contributed by atoms with E-state index in [2.05, 4.69) is 26.4 Å². The highest BCUT2D eigenvalue weighted by molar-refractivity contribution is 7.99. The smallest absolute Gasteiger partial charge is 0.269 e. The molecular weight excluding hydrogens is 365 g/mol. The number of benzene rings is 1. The molecule has 1 heterocycles. The lowest BCUT2D eigenvalue weighted by Crippen LogP contribution is -2.42. The maximum Gasteiger partial charge on any atom is 0.269 e. The number of hydrogen-bond donors (Lipinski definition) is 2. The van der Waals surface area contributed by atoms with Crippen molar-refractivity contribution in [3.63, 3.8) is 0 Å². The van der Waals surface area contributed by atoms with Crippen LogP contribution in [0.25, 0.3) is 0 Å². The van der Waals surface area contributed by atoms with E-state index in [0.717, 1.165) is 30.3 Å². The third-order valence-electron chi connectivity index (χ3n) is 2.55. The van der Waals surface area contributed by atoms with Crippen LogP contribution in [0.5, 0.6) is 0 Å². The minimum Gasteiger partial charge on any atom is -0.351 e. The molecule has 0 unspecified atom stereocenters. The number of tetrazole rings is 1. The van der Waals surface area contributed by atoms with Crippen LogP contribution in [-0.4, -0.2) is 63.2 Å². The van der Waals surface area contributed by atoms with Gasteiger partial charge in [-0.25, -0.2) is 9.07 Å². The lowest BCUT2D eigenvalue weighted by atomic mass is 10.2. The van der Waals surface area contributed by atoms with Crippen molar-refractivity contribution in [2.45, 2.75) is 5.16 Å². The van der Waals surface area contributed by atoms with E-state index >= 15 is 0 Å². The van der Waals surface area contributed by atoms with Crippen molar-refractivity contribution in [1.82, 2.24) is 36.0 Å². The van der Waals surface area contributed by atoms with Crippen molar-refractivity contribution < 1.29 is 18.8 Å². The fraction of sp³-hybridized carbons (Fsp3) is 0.286. The van der Waals surface area contributed by atoms with Crippen molar-refractivity contribution in [3.8, 4) is 0 Å². The van der Waals surface area contributed by atoms with Gasteiger partial charge in [-0.05, 0) is 34.7 Å². The first-order valence-corrected chi connectivity index (χ1v) is 8.13. The van der Waals surface area contributed by atoms with Crippen LogP contribution in [0.15, 0.2) is 29.4 Å². The molecule has 0 bridgehead atoms. The summed E-state index contributed by atoms with van der Waals surface area (Å²) in [7, 11) is 5.02. The number of hydrogen-bond acceptors (Lipinski definition) is 7. The molecule has 0 aliphatic heterocycles. The van der Waals surface area contributed by atoms with Gasteiger partial charge in [0.15, 0.2) is 0 Å². The van der Waals surface area contributed by atoms with Gasteiger partial charge in [0, 0.05) is 26.7 Å². The Morgan fingerprint density at radius 1 is 1.27 bits per heavy atom. The minimum atomic E-state index is -0.534. The fourth-order valence-electron chi connectivity index (χ4n) is 1.31. The van der Waals surface area contributed by atoms with Crippen LogP contribution in [0.2, 0.25) is 0 Å². The van der Waals surface area contributed by atoms with Crippen molar-refractivity contribution in [2.75, 3.05) is 19.8 Å². The van der Waals surface area contributed by atoms with Gasteiger partial charge in [-0.2, -0.15) is 0 Å². The van der Waals surface area contributed by atoms with Crippen molar-refractivity contribution in [1.29, 1.82) is 0 Å². The fourth-order valence-corrected chi connectivity index (χ4v) is 1.96. The van der Waals surface area contributed by atoms with Gasteiger partial charge < -0.3 is 4.90 Å². The molecule has 26 heavy (non-hydrogen) atoms. The highest BCUT2D eigenvalue weighted by Gasteiger charge is 2.10. The predicted molar refractivity (Wildman–Crippen MR) is 91.3 cm³/mol. The number of aromatic nitrogens is 4. The highest BCUT2D eigenvalue weighted by atomic mass is 32.2. The van der Waals surface area contributed by atoms with Crippen molar-refractivity contribution >= 4 is 30.0 Å². The number of halogens is 1. The lowest BCUT2D eigenvalue weighted by molar-refractivity contribution is -0.119. The first-order chi connectivity index (χ1) is 12.3. The van der Waals surface area contributed by atoms with Gasteiger partial charge in [-0.15, -0.1) is 5.10 Å². The van der Waals surface area contributed by atoms with E-state index in [1.165, 1.54) is 21.7 Å². The maximum absolute atomic E-state index is 12.7. The molecule has 2 aromatic rings. The van der Waals surface area contributed by atoms with Crippen LogP contribution in [-0.2, 0) is 16.6 Å². The summed E-state index contributed by atoms with van der Waals surface area (Å²) >= 11 is 1.13. The van der Waals surface area contributed by atoms with E-state index in [1.807, 2.05) is 0 Å². The van der Waals surface area contributed by atoms with Gasteiger partial charge in [0.2, 0.25) is 17.5 Å². The Labute approximate surface area is 153 Å². The number of carbonyl (C=O) groups excluding carboxylic acids is 3. The molecule has 1 aromatic carbocycles. The largest absolute Gasteiger partial charge is 0.351 e. The number of amides is 3. The van der Waals surface area contributed by atoms with Gasteiger partial charge in [0.05, 0.1) is 5.75 Å². The summed E-state index contributed by atoms with van der Waals surface area (Å²) in [6.45, 7) is 0. The molecule has 2 rings (SSSR count). The lowest BCUT2D eigenvalue weighted by Gasteiger charge is -2.06. The number of hydrazine groups is 1. The molecule has 3 amide bonds. The Bertz CT molecular complexity index is 736. The van der Waals surface area contributed by atoms with Gasteiger partial charge >= 0.3 is 0 Å². The standard InChI is InChI=1S/C11H11FN6O2S.C3H7NO/c1-18-11(15-16-17-18)21-6-9(19)13-14-10(20)7-2-4-8(12)5-3-7;1-4(2)3-5/h2-5H,6H2,1H3,(H,13,19)(H,14,20);3H,1-2H3. The van der Waals surface area contributed by atoms with Crippen LogP contribution in [0, 0.1) is 5.82 Å². The summed E-state index contributed by atoms with van der Waals surface area (Å²) in [5, 5.41) is 11.2. The second-order valence-corrected chi connectivity index (χ2v) is 5.89. The summed E-state index contributed by atoms with van der Waals surface area (Å²) in [5.74, 6) is -1.35. The normalized spacial score (nSPS) is 9.54. The molecule has 0 saturated heterocycles. The predicted octanol–water partition coefficient (Wildman–Crippen LogP) is -0.393. The van der Waals surface area contributed by atoms with Crippen LogP contribution >= 0.6 is 11.8 Å². The molecule has 0 aliphatic carbocycles. The molecule has 0 radical (unpaired) electrons. The summed E-state index contributed by atoms with van der Waals surface area (Å²) in [6, 6.07) is 4.95. The first-order valence-electron chi connectivity index (χ1n) is 7.15. The number of rotatable bonds is 5. The molecule has 0 atom stereocenters. The number of nitrogens with zero attached hydrogens (tertiary/aromatic N) is 5. The SMILES string of the molecule is CN(C)C=O.Cn1nnnc1SCC(=O)NNC(=O)c1ccc(F)cc1. The second-order valence-electron chi connectivity index (χ2n) is 4.95. The van der Waals surface area contributed by atoms with Crippen molar-refractivity contribution in [3.05, 3.63) is 35.6 Å². The molecule has 10 nitrogen and oxygen atoms in total. The Morgan fingerprint density at radius 2 is 1.88 bits per heavy atom. The summed E-state index contributed by atoms with van der Waals surface area (Å²) in [6.07, 6.45) is 0.750. The van der Waals surface area contributed by atoms with Crippen LogP contribution in [0.3, 0.4) is 0 Å². The molecule has 0 spiro atoms. The van der Waals surface area contributed by atoms with E-state index in [-0.39, 0.29) is 11.3 Å². The molecule has 0 saturated carbocycles. The first kappa shape index (κ1) is 21.0. The van der Waals surface area contributed by atoms with Crippen molar-refractivity contribution in [2.24, 2.45) is 7.05 Å². The summed E-state index contributed by atoms with van der Waals surface area (Å²) < 4.78 is 14.1. The molecule has 12 heteroatoms. The maximum atomic E-state index is 12.7. The average molecular weight is 383 g/mol. The second kappa shape index (κ2) is 10.8. The van der Waals surface area contributed by atoms with Gasteiger partial charge in [0.25, 0.3) is 5.91 Å². The van der Waals surface area contributed by atoms with E-state index in [1.54, 1.807) is 21.1 Å². The zero-order valence-corrected chi connectivity index (χ0v) is 15.2. The van der Waals surface area contributed by atoms with E-state index in [0.29, 0.717) is 5.16 Å². The molecule has 140 valence electrons. The summed E-state index contributed by atoms with van der Waals surface area (Å²) in [4.78, 5) is 34.1. The Morgan fingerprint density at radius 3 is 2.38 bits per heavy atom. The van der Waals surface area contributed by atoms with Gasteiger partial charge in [0.1, 0.15) is 5.82 Å². The molecular formula is C14H18FN7O3S. The molecule has 1 aromatic heterocycles. The number of carbonyl (C=O) groups is 3. The zero-order valence-electron chi connectivity index (χ0n) is 14.3. The monoisotopic (exact) mass is 383 g/mol. The van der Waals surface area contributed by atoms with E-state index in [4.69, 9.17) is 0 Å². The average Bonchev–Trinajstić information content (AvgIpc) is 3.04. The minimum absolute atomic E-state index is 0.0396. The Hall–Kier alpha value is -3.02. The molecule has 0 fully saturated rings. The number of nitrogens with one attached hydrogen (secondary N) is 2. The van der Waals surface area contributed by atoms with Crippen LogP contribution < -0.4 is 10.9 Å². The quantitative estimate of drug-likeness (QED) is 0.409. The highest BCUT2D eigenvalue weighted by Crippen LogP contribution is 2.11. The molecule has 0 aliphatic rings. The molecule has 2 N–H and O–H groups in total. The van der Waals surface area contributed by atoms with E-state index < -0.39 is 17.6 Å². The van der Waals surface area contributed by atoms with Gasteiger partial charge in [-0.1, -0.05) is 11.8 Å². The zero-order chi connectivity index (χ0) is 19.5. The summed E-state index contributed by atoms with van der Waals surface area (Å²) in [5.41, 5.74) is 4.71. The number of aryl methyl sites for hydroxylation is 1. The topological polar surface area (TPSA) is 122 Å². The third kappa shape index (κ3) is 7.70. The third-order valence-corrected chi connectivity index (χ3v) is 3.56. The van der Waals surface area contributed by atoms with Gasteiger partial charge in [-0.3, -0.25) is 25.2 Å². The van der Waals surface area contributed by atoms with E-state index in [9.17, 15) is 18.8 Å². The van der Waals surface area contributed by atoms with Crippen LogP contribution in [0.1, 0.15) is 10.4 Å². The number of thioether (sulfide) groups is 1. The Kier molecular flexibility index (Phi) is 8.70.